The third-order valence-corrected chi connectivity index (χ3v) is 3.34. The largest absolute Gasteiger partial charge is 0.384 e. The van der Waals surface area contributed by atoms with Crippen LogP contribution in [0.2, 0.25) is 5.02 Å². The molecule has 1 aromatic rings. The van der Waals surface area contributed by atoms with Crippen molar-refractivity contribution in [1.29, 1.82) is 0 Å². The smallest absolute Gasteiger partial charge is 0.124 e. The van der Waals surface area contributed by atoms with E-state index in [9.17, 15) is 4.39 Å². The first-order valence-electron chi connectivity index (χ1n) is 6.93. The molecule has 102 valence electrons. The van der Waals surface area contributed by atoms with E-state index in [2.05, 4.69) is 12.2 Å². The normalized spacial score (nSPS) is 10.6. The summed E-state index contributed by atoms with van der Waals surface area (Å²) in [4.78, 5) is 0. The molecule has 0 spiro atoms. The van der Waals surface area contributed by atoms with Crippen LogP contribution in [-0.4, -0.2) is 6.54 Å². The van der Waals surface area contributed by atoms with Crippen LogP contribution in [0.3, 0.4) is 0 Å². The molecule has 18 heavy (non-hydrogen) atoms. The molecule has 1 nitrogen and oxygen atoms in total. The van der Waals surface area contributed by atoms with Crippen LogP contribution in [0.1, 0.15) is 51.9 Å². The van der Waals surface area contributed by atoms with E-state index in [4.69, 9.17) is 11.6 Å². The average molecular weight is 272 g/mol. The Balaban J connectivity index is 2.07. The van der Waals surface area contributed by atoms with Crippen LogP contribution in [0.5, 0.6) is 0 Å². The highest BCUT2D eigenvalue weighted by atomic mass is 35.5. The van der Waals surface area contributed by atoms with Crippen molar-refractivity contribution < 1.29 is 4.39 Å². The second-order valence-corrected chi connectivity index (χ2v) is 5.08. The van der Waals surface area contributed by atoms with Crippen molar-refractivity contribution in [2.24, 2.45) is 0 Å². The van der Waals surface area contributed by atoms with Gasteiger partial charge in [-0.3, -0.25) is 0 Å². The van der Waals surface area contributed by atoms with Crippen molar-refractivity contribution in [2.45, 2.75) is 51.9 Å². The van der Waals surface area contributed by atoms with Gasteiger partial charge in [0.15, 0.2) is 0 Å². The Hall–Kier alpha value is -0.760. The fourth-order valence-corrected chi connectivity index (χ4v) is 2.17. The maximum atomic E-state index is 12.8. The Labute approximate surface area is 115 Å². The maximum absolute atomic E-state index is 12.8. The molecule has 0 bridgehead atoms. The highest BCUT2D eigenvalue weighted by molar-refractivity contribution is 6.33. The van der Waals surface area contributed by atoms with Crippen molar-refractivity contribution in [2.75, 3.05) is 11.9 Å². The van der Waals surface area contributed by atoms with Gasteiger partial charge < -0.3 is 5.32 Å². The van der Waals surface area contributed by atoms with Crippen LogP contribution in [0.4, 0.5) is 10.1 Å². The number of hydrogen-bond donors (Lipinski definition) is 1. The monoisotopic (exact) mass is 271 g/mol. The molecule has 1 N–H and O–H groups in total. The Kier molecular flexibility index (Phi) is 7.83. The molecule has 0 amide bonds. The number of unbranched alkanes of at least 4 members (excludes halogenated alkanes) is 6. The molecule has 0 atom stereocenters. The molecule has 0 unspecified atom stereocenters. The Morgan fingerprint density at radius 2 is 1.72 bits per heavy atom. The first kappa shape index (κ1) is 15.3. The zero-order valence-corrected chi connectivity index (χ0v) is 11.9. The second kappa shape index (κ2) is 9.21. The molecule has 0 saturated carbocycles. The van der Waals surface area contributed by atoms with Crippen LogP contribution in [0.25, 0.3) is 0 Å². The van der Waals surface area contributed by atoms with Gasteiger partial charge in [-0.15, -0.1) is 0 Å². The average Bonchev–Trinajstić information content (AvgIpc) is 2.35. The molecule has 0 aliphatic carbocycles. The van der Waals surface area contributed by atoms with E-state index >= 15 is 0 Å². The second-order valence-electron chi connectivity index (χ2n) is 4.67. The lowest BCUT2D eigenvalue weighted by Crippen LogP contribution is -2.02. The van der Waals surface area contributed by atoms with Gasteiger partial charge >= 0.3 is 0 Å². The van der Waals surface area contributed by atoms with Gasteiger partial charge in [0.25, 0.3) is 0 Å². The third-order valence-electron chi connectivity index (χ3n) is 3.03. The summed E-state index contributed by atoms with van der Waals surface area (Å²) >= 11 is 5.92. The number of benzene rings is 1. The van der Waals surface area contributed by atoms with Crippen molar-refractivity contribution in [3.8, 4) is 0 Å². The summed E-state index contributed by atoms with van der Waals surface area (Å²) < 4.78 is 12.8. The molecule has 3 heteroatoms. The lowest BCUT2D eigenvalue weighted by molar-refractivity contribution is 0.596. The van der Waals surface area contributed by atoms with E-state index in [0.29, 0.717) is 5.02 Å². The van der Waals surface area contributed by atoms with Crippen LogP contribution in [0, 0.1) is 5.82 Å². The molecule has 0 saturated heterocycles. The highest BCUT2D eigenvalue weighted by Crippen LogP contribution is 2.22. The van der Waals surface area contributed by atoms with E-state index in [1.807, 2.05) is 0 Å². The van der Waals surface area contributed by atoms with Crippen LogP contribution >= 0.6 is 11.6 Å². The zero-order chi connectivity index (χ0) is 13.2. The summed E-state index contributed by atoms with van der Waals surface area (Å²) in [5.74, 6) is -0.290. The van der Waals surface area contributed by atoms with E-state index in [1.165, 1.54) is 50.7 Å². The molecular weight excluding hydrogens is 249 g/mol. The zero-order valence-electron chi connectivity index (χ0n) is 11.1. The van der Waals surface area contributed by atoms with Gasteiger partial charge in [0.1, 0.15) is 5.82 Å². The summed E-state index contributed by atoms with van der Waals surface area (Å²) in [6.45, 7) is 3.13. The molecule has 0 aliphatic rings. The Bertz CT molecular complexity index is 341. The molecule has 0 aliphatic heterocycles. The quantitative estimate of drug-likeness (QED) is 0.573. The SMILES string of the molecule is CCCCCCCCCNc1ccc(F)cc1Cl. The van der Waals surface area contributed by atoms with Gasteiger partial charge in [-0.05, 0) is 24.6 Å². The van der Waals surface area contributed by atoms with Gasteiger partial charge in [0.2, 0.25) is 0 Å². The summed E-state index contributed by atoms with van der Waals surface area (Å²) in [7, 11) is 0. The van der Waals surface area contributed by atoms with Gasteiger partial charge in [-0.1, -0.05) is 57.0 Å². The van der Waals surface area contributed by atoms with Crippen molar-refractivity contribution in [3.05, 3.63) is 29.0 Å². The number of anilines is 1. The standard InChI is InChI=1S/C15H23ClFN/c1-2-3-4-5-6-7-8-11-18-15-10-9-13(17)12-14(15)16/h9-10,12,18H,2-8,11H2,1H3. The first-order chi connectivity index (χ1) is 8.74. The Morgan fingerprint density at radius 1 is 1.06 bits per heavy atom. The molecule has 0 aromatic heterocycles. The van der Waals surface area contributed by atoms with Gasteiger partial charge in [0.05, 0.1) is 10.7 Å². The molecule has 0 heterocycles. The molecule has 0 fully saturated rings. The minimum Gasteiger partial charge on any atom is -0.384 e. The summed E-state index contributed by atoms with van der Waals surface area (Å²) in [5.41, 5.74) is 0.823. The summed E-state index contributed by atoms with van der Waals surface area (Å²) in [5, 5.41) is 3.70. The molecule has 1 rings (SSSR count). The number of rotatable bonds is 9. The van der Waals surface area contributed by atoms with Crippen molar-refractivity contribution in [1.82, 2.24) is 0 Å². The van der Waals surface area contributed by atoms with E-state index < -0.39 is 0 Å². The van der Waals surface area contributed by atoms with Crippen LogP contribution in [-0.2, 0) is 0 Å². The van der Waals surface area contributed by atoms with Gasteiger partial charge in [-0.2, -0.15) is 0 Å². The molecule has 1 aromatic carbocycles. The first-order valence-corrected chi connectivity index (χ1v) is 7.30. The van der Waals surface area contributed by atoms with Crippen molar-refractivity contribution >= 4 is 17.3 Å². The topological polar surface area (TPSA) is 12.0 Å². The fourth-order valence-electron chi connectivity index (χ4n) is 1.94. The van der Waals surface area contributed by atoms with E-state index in [0.717, 1.165) is 18.7 Å². The number of hydrogen-bond acceptors (Lipinski definition) is 1. The predicted molar refractivity (Wildman–Crippen MR) is 77.9 cm³/mol. The Morgan fingerprint density at radius 3 is 2.39 bits per heavy atom. The fraction of sp³-hybridized carbons (Fsp3) is 0.600. The van der Waals surface area contributed by atoms with E-state index in [1.54, 1.807) is 6.07 Å². The molecule has 0 radical (unpaired) electrons. The third kappa shape index (κ3) is 6.25. The highest BCUT2D eigenvalue weighted by Gasteiger charge is 2.00. The minimum atomic E-state index is -0.290. The molecular formula is C15H23ClFN. The summed E-state index contributed by atoms with van der Waals surface area (Å²) in [6, 6.07) is 4.46. The van der Waals surface area contributed by atoms with Crippen LogP contribution < -0.4 is 5.32 Å². The van der Waals surface area contributed by atoms with Crippen molar-refractivity contribution in [3.63, 3.8) is 0 Å². The maximum Gasteiger partial charge on any atom is 0.124 e. The lowest BCUT2D eigenvalue weighted by Gasteiger charge is -2.08. The minimum absolute atomic E-state index is 0.290. The van der Waals surface area contributed by atoms with Crippen LogP contribution in [0.15, 0.2) is 18.2 Å². The predicted octanol–water partition coefficient (Wildman–Crippen LogP) is 5.64. The lowest BCUT2D eigenvalue weighted by atomic mass is 10.1. The summed E-state index contributed by atoms with van der Waals surface area (Å²) in [6.07, 6.45) is 9.03. The van der Waals surface area contributed by atoms with Gasteiger partial charge in [0, 0.05) is 6.54 Å². The number of halogens is 2. The van der Waals surface area contributed by atoms with E-state index in [-0.39, 0.29) is 5.82 Å². The van der Waals surface area contributed by atoms with Gasteiger partial charge in [-0.25, -0.2) is 4.39 Å². The number of nitrogens with one attached hydrogen (secondary N) is 1.